The zero-order valence-electron chi connectivity index (χ0n) is 21.1. The molecule has 38 heavy (non-hydrogen) atoms. The molecule has 6 rings (SSSR count). The number of rotatable bonds is 6. The molecule has 0 bridgehead atoms. The fourth-order valence-electron chi connectivity index (χ4n) is 5.15. The number of hydrogen-bond donors (Lipinski definition) is 1. The quantitative estimate of drug-likeness (QED) is 0.317. The number of hydrogen-bond acceptors (Lipinski definition) is 5. The van der Waals surface area contributed by atoms with Gasteiger partial charge in [0.1, 0.15) is 17.0 Å². The third-order valence-electron chi connectivity index (χ3n) is 7.13. The summed E-state index contributed by atoms with van der Waals surface area (Å²) in [6.45, 7) is 2.14. The zero-order chi connectivity index (χ0) is 26.4. The van der Waals surface area contributed by atoms with Gasteiger partial charge in [-0.2, -0.15) is 5.10 Å². The molecule has 1 aliphatic carbocycles. The summed E-state index contributed by atoms with van der Waals surface area (Å²) in [4.78, 5) is 13.3. The maximum absolute atomic E-state index is 13.1. The largest absolute Gasteiger partial charge is 0.456 e. The Labute approximate surface area is 221 Å². The predicted molar refractivity (Wildman–Crippen MR) is 146 cm³/mol. The summed E-state index contributed by atoms with van der Waals surface area (Å²) >= 11 is 0. The number of aryl methyl sites for hydroxylation is 2. The number of nitrogens with zero attached hydrogens (tertiary/aromatic N) is 2. The van der Waals surface area contributed by atoms with Gasteiger partial charge in [0.25, 0.3) is 5.91 Å². The monoisotopic (exact) mass is 525 g/mol. The lowest BCUT2D eigenvalue weighted by Gasteiger charge is -2.13. The number of benzene rings is 3. The molecule has 1 amide bonds. The van der Waals surface area contributed by atoms with Gasteiger partial charge in [-0.1, -0.05) is 54.6 Å². The second-order valence-corrected chi connectivity index (χ2v) is 11.9. The molecule has 0 radical (unpaired) electrons. The number of amides is 1. The normalized spacial score (nSPS) is 15.1. The van der Waals surface area contributed by atoms with Crippen LogP contribution in [0.5, 0.6) is 0 Å². The summed E-state index contributed by atoms with van der Waals surface area (Å²) in [6.07, 6.45) is 3.00. The molecular weight excluding hydrogens is 498 g/mol. The minimum atomic E-state index is -3.46. The van der Waals surface area contributed by atoms with E-state index in [0.29, 0.717) is 28.0 Å². The number of sulfone groups is 1. The van der Waals surface area contributed by atoms with Gasteiger partial charge in [0.15, 0.2) is 9.84 Å². The molecule has 0 fully saturated rings. The van der Waals surface area contributed by atoms with Gasteiger partial charge in [0.2, 0.25) is 0 Å². The van der Waals surface area contributed by atoms with E-state index in [1.807, 2.05) is 55.5 Å². The van der Waals surface area contributed by atoms with Crippen LogP contribution >= 0.6 is 0 Å². The van der Waals surface area contributed by atoms with Gasteiger partial charge < -0.3 is 9.73 Å². The standard InChI is InChI=1S/C30H27N3O4S/c1-19-14-27(30(34)31-26-13-12-20-8-6-7-11-25(20)26)32-33(19)18-23-16-24(38(2,35)36)15-22-17-28(37-29(22)23)21-9-4-3-5-10-21/h3-11,14-17,26H,12-13,18H2,1-2H3,(H,31,34)/t26-/m1/s1. The molecule has 0 saturated carbocycles. The Kier molecular flexibility index (Phi) is 5.91. The topological polar surface area (TPSA) is 94.2 Å². The molecule has 3 aromatic carbocycles. The lowest BCUT2D eigenvalue weighted by atomic mass is 10.1. The van der Waals surface area contributed by atoms with Gasteiger partial charge in [0, 0.05) is 28.5 Å². The number of carbonyl (C=O) groups excluding carboxylic acids is 1. The highest BCUT2D eigenvalue weighted by molar-refractivity contribution is 7.90. The molecule has 192 valence electrons. The Morgan fingerprint density at radius 1 is 1.05 bits per heavy atom. The van der Waals surface area contributed by atoms with E-state index in [2.05, 4.69) is 22.5 Å². The van der Waals surface area contributed by atoms with E-state index in [9.17, 15) is 13.2 Å². The zero-order valence-corrected chi connectivity index (χ0v) is 22.0. The Morgan fingerprint density at radius 3 is 2.61 bits per heavy atom. The van der Waals surface area contributed by atoms with Crippen LogP contribution in [-0.4, -0.2) is 30.4 Å². The first-order chi connectivity index (χ1) is 18.3. The van der Waals surface area contributed by atoms with Crippen molar-refractivity contribution in [3.8, 4) is 11.3 Å². The third kappa shape index (κ3) is 4.52. The highest BCUT2D eigenvalue weighted by Gasteiger charge is 2.25. The van der Waals surface area contributed by atoms with Crippen molar-refractivity contribution in [2.24, 2.45) is 0 Å². The van der Waals surface area contributed by atoms with Crippen molar-refractivity contribution in [3.63, 3.8) is 0 Å². The summed E-state index contributed by atoms with van der Waals surface area (Å²) in [5, 5.41) is 8.40. The van der Waals surface area contributed by atoms with Crippen molar-refractivity contribution < 1.29 is 17.6 Å². The SMILES string of the molecule is Cc1cc(C(=O)N[C@@H]2CCc3ccccc32)nn1Cc1cc(S(C)(=O)=O)cc2cc(-c3ccccc3)oc12. The predicted octanol–water partition coefficient (Wildman–Crippen LogP) is 5.47. The fourth-order valence-corrected chi connectivity index (χ4v) is 5.85. The fraction of sp³-hybridized carbons (Fsp3) is 0.200. The van der Waals surface area contributed by atoms with Crippen LogP contribution in [0.4, 0.5) is 0 Å². The summed E-state index contributed by atoms with van der Waals surface area (Å²) in [5.41, 5.74) is 5.71. The van der Waals surface area contributed by atoms with Gasteiger partial charge in [-0.05, 0) is 55.2 Å². The third-order valence-corrected chi connectivity index (χ3v) is 8.22. The molecule has 0 spiro atoms. The van der Waals surface area contributed by atoms with E-state index in [1.54, 1.807) is 22.9 Å². The van der Waals surface area contributed by atoms with Crippen molar-refractivity contribution in [2.75, 3.05) is 6.26 Å². The summed E-state index contributed by atoms with van der Waals surface area (Å²) in [6, 6.07) is 24.7. The molecule has 0 saturated heterocycles. The molecule has 1 aliphatic rings. The summed E-state index contributed by atoms with van der Waals surface area (Å²) in [5.74, 6) is 0.426. The molecule has 1 N–H and O–H groups in total. The molecule has 7 nitrogen and oxygen atoms in total. The van der Waals surface area contributed by atoms with E-state index in [4.69, 9.17) is 4.42 Å². The van der Waals surface area contributed by atoms with Crippen LogP contribution in [0.3, 0.4) is 0 Å². The van der Waals surface area contributed by atoms with Crippen molar-refractivity contribution in [2.45, 2.75) is 37.2 Å². The maximum Gasteiger partial charge on any atom is 0.272 e. The van der Waals surface area contributed by atoms with Gasteiger partial charge in [-0.15, -0.1) is 0 Å². The van der Waals surface area contributed by atoms with Crippen LogP contribution in [0.25, 0.3) is 22.3 Å². The maximum atomic E-state index is 13.1. The molecule has 0 unspecified atom stereocenters. The molecular formula is C30H27N3O4S. The molecule has 1 atom stereocenters. The molecule has 2 heterocycles. The summed E-state index contributed by atoms with van der Waals surface area (Å²) < 4.78 is 32.9. The van der Waals surface area contributed by atoms with Crippen molar-refractivity contribution in [1.29, 1.82) is 0 Å². The van der Waals surface area contributed by atoms with Crippen molar-refractivity contribution in [1.82, 2.24) is 15.1 Å². The van der Waals surface area contributed by atoms with Crippen LogP contribution in [0, 0.1) is 6.92 Å². The minimum absolute atomic E-state index is 0.0326. The van der Waals surface area contributed by atoms with E-state index < -0.39 is 9.84 Å². The van der Waals surface area contributed by atoms with Gasteiger partial charge >= 0.3 is 0 Å². The smallest absolute Gasteiger partial charge is 0.272 e. The second kappa shape index (κ2) is 9.29. The van der Waals surface area contributed by atoms with Crippen LogP contribution in [0.15, 0.2) is 88.2 Å². The Hall–Kier alpha value is -4.17. The number of nitrogens with one attached hydrogen (secondary N) is 1. The number of aromatic nitrogens is 2. The Morgan fingerprint density at radius 2 is 1.82 bits per heavy atom. The summed E-state index contributed by atoms with van der Waals surface area (Å²) in [7, 11) is -3.46. The molecule has 8 heteroatoms. The minimum Gasteiger partial charge on any atom is -0.456 e. The second-order valence-electron chi connectivity index (χ2n) is 9.84. The number of carbonyl (C=O) groups is 1. The van der Waals surface area contributed by atoms with Gasteiger partial charge in [-0.25, -0.2) is 8.42 Å². The molecule has 5 aromatic rings. The lowest BCUT2D eigenvalue weighted by molar-refractivity contribution is 0.0931. The lowest BCUT2D eigenvalue weighted by Crippen LogP contribution is -2.27. The van der Waals surface area contributed by atoms with Crippen LogP contribution in [0.2, 0.25) is 0 Å². The van der Waals surface area contributed by atoms with Crippen LogP contribution in [0.1, 0.15) is 45.3 Å². The van der Waals surface area contributed by atoms with Crippen molar-refractivity contribution in [3.05, 3.63) is 107 Å². The molecule has 2 aromatic heterocycles. The van der Waals surface area contributed by atoms with E-state index >= 15 is 0 Å². The van der Waals surface area contributed by atoms with Gasteiger partial charge in [0.05, 0.1) is 17.5 Å². The Balaban J connectivity index is 1.32. The van der Waals surface area contributed by atoms with Crippen LogP contribution in [-0.2, 0) is 22.8 Å². The first kappa shape index (κ1) is 24.2. The van der Waals surface area contributed by atoms with E-state index in [0.717, 1.165) is 29.7 Å². The van der Waals surface area contributed by atoms with Gasteiger partial charge in [-0.3, -0.25) is 9.48 Å². The first-order valence-electron chi connectivity index (χ1n) is 12.5. The molecule has 0 aliphatic heterocycles. The average molecular weight is 526 g/mol. The number of fused-ring (bicyclic) bond motifs is 2. The Bertz CT molecular complexity index is 1790. The van der Waals surface area contributed by atoms with Crippen LogP contribution < -0.4 is 5.32 Å². The number of furan rings is 1. The van der Waals surface area contributed by atoms with E-state index in [-0.39, 0.29) is 23.4 Å². The highest BCUT2D eigenvalue weighted by Crippen LogP contribution is 2.33. The van der Waals surface area contributed by atoms with Crippen molar-refractivity contribution >= 4 is 26.7 Å². The highest BCUT2D eigenvalue weighted by atomic mass is 32.2. The van der Waals surface area contributed by atoms with E-state index in [1.165, 1.54) is 11.8 Å². The average Bonchev–Trinajstić information content (AvgIpc) is 3.61. The first-order valence-corrected chi connectivity index (χ1v) is 14.4.